The number of nitrogens with two attached hydrogens (primary N) is 1. The van der Waals surface area contributed by atoms with Gasteiger partial charge in [0.15, 0.2) is 0 Å². The molecule has 0 unspecified atom stereocenters. The van der Waals surface area contributed by atoms with Gasteiger partial charge in [-0.3, -0.25) is 0 Å². The minimum absolute atomic E-state index is 0. The van der Waals surface area contributed by atoms with Gasteiger partial charge in [0.25, 0.3) is 0 Å². The molecule has 0 bridgehead atoms. The number of carboxylic acids is 1. The number of aliphatic hydroxyl groups is 3. The molecule has 1 heterocycles. The first kappa shape index (κ1) is 18.2. The van der Waals surface area contributed by atoms with Gasteiger partial charge >= 0.3 is 29.6 Å². The van der Waals surface area contributed by atoms with E-state index in [4.69, 9.17) is 15.2 Å². The number of benzene rings is 1. The molecule has 8 nitrogen and oxygen atoms in total. The molecule has 5 N–H and O–H groups in total. The van der Waals surface area contributed by atoms with E-state index < -0.39 is 36.7 Å². The third kappa shape index (κ3) is 4.07. The molecule has 21 heavy (non-hydrogen) atoms. The Morgan fingerprint density at radius 2 is 1.71 bits per heavy atom. The number of carbonyl (C=O) groups is 1. The van der Waals surface area contributed by atoms with E-state index >= 15 is 0 Å². The second kappa shape index (κ2) is 7.41. The van der Waals surface area contributed by atoms with Crippen molar-refractivity contribution in [2.75, 3.05) is 5.73 Å². The predicted octanol–water partition coefficient (Wildman–Crippen LogP) is -5.79. The normalized spacial score (nSPS) is 32.0. The fraction of sp³-hybridized carbons (Fsp3) is 0.417. The second-order valence-electron chi connectivity index (χ2n) is 4.40. The van der Waals surface area contributed by atoms with Crippen LogP contribution in [0.25, 0.3) is 0 Å². The Balaban J connectivity index is 0.00000220. The van der Waals surface area contributed by atoms with Crippen LogP contribution in [0.15, 0.2) is 24.3 Å². The topological polar surface area (TPSA) is 145 Å². The average molecular weight is 307 g/mol. The van der Waals surface area contributed by atoms with E-state index in [-0.39, 0.29) is 35.3 Å². The zero-order chi connectivity index (χ0) is 14.9. The Hall–Kier alpha value is -0.870. The Labute approximate surface area is 142 Å². The van der Waals surface area contributed by atoms with Crippen molar-refractivity contribution in [2.24, 2.45) is 0 Å². The molecule has 0 aliphatic carbocycles. The first-order valence-corrected chi connectivity index (χ1v) is 5.83. The number of aliphatic hydroxyl groups excluding tert-OH is 3. The fourth-order valence-corrected chi connectivity index (χ4v) is 1.82. The molecular weight excluding hydrogens is 293 g/mol. The molecule has 1 aliphatic rings. The summed E-state index contributed by atoms with van der Waals surface area (Å²) in [6.45, 7) is 0. The van der Waals surface area contributed by atoms with Gasteiger partial charge in [0.1, 0.15) is 30.2 Å². The molecule has 5 atom stereocenters. The maximum absolute atomic E-state index is 10.8. The van der Waals surface area contributed by atoms with E-state index in [1.165, 1.54) is 24.3 Å². The van der Waals surface area contributed by atoms with Gasteiger partial charge in [0.2, 0.25) is 6.29 Å². The van der Waals surface area contributed by atoms with Crippen molar-refractivity contribution in [1.29, 1.82) is 0 Å². The van der Waals surface area contributed by atoms with E-state index in [1.807, 2.05) is 0 Å². The third-order valence-electron chi connectivity index (χ3n) is 2.93. The van der Waals surface area contributed by atoms with Crippen molar-refractivity contribution < 1.29 is 64.3 Å². The van der Waals surface area contributed by atoms with Crippen molar-refractivity contribution in [2.45, 2.75) is 30.7 Å². The summed E-state index contributed by atoms with van der Waals surface area (Å²) in [5, 5.41) is 39.6. The molecule has 9 heteroatoms. The van der Waals surface area contributed by atoms with Gasteiger partial charge in [-0.1, -0.05) is 0 Å². The molecule has 1 saturated heterocycles. The molecule has 0 spiro atoms. The Kier molecular flexibility index (Phi) is 6.41. The second-order valence-corrected chi connectivity index (χ2v) is 4.40. The fourth-order valence-electron chi connectivity index (χ4n) is 1.82. The van der Waals surface area contributed by atoms with Crippen molar-refractivity contribution in [3.63, 3.8) is 0 Å². The molecule has 1 aromatic carbocycles. The summed E-state index contributed by atoms with van der Waals surface area (Å²) in [6, 6.07) is 6.03. The number of carbonyl (C=O) groups excluding carboxylic acids is 1. The molecule has 1 fully saturated rings. The number of aliphatic carboxylic acids is 1. The molecule has 1 aliphatic heterocycles. The molecular formula is C12H14NNaO7. The van der Waals surface area contributed by atoms with Crippen molar-refractivity contribution >= 4 is 11.7 Å². The van der Waals surface area contributed by atoms with Crippen LogP contribution >= 0.6 is 0 Å². The molecule has 0 radical (unpaired) electrons. The Bertz CT molecular complexity index is 483. The molecule has 0 saturated carbocycles. The molecule has 0 amide bonds. The van der Waals surface area contributed by atoms with E-state index in [1.54, 1.807) is 0 Å². The van der Waals surface area contributed by atoms with Crippen LogP contribution in [0.2, 0.25) is 0 Å². The van der Waals surface area contributed by atoms with Gasteiger partial charge < -0.3 is 40.4 Å². The summed E-state index contributed by atoms with van der Waals surface area (Å²) in [6.07, 6.45) is -8.41. The van der Waals surface area contributed by atoms with Crippen molar-refractivity contribution in [1.82, 2.24) is 0 Å². The van der Waals surface area contributed by atoms with Crippen LogP contribution in [-0.4, -0.2) is 52.0 Å². The average Bonchev–Trinajstić information content (AvgIpc) is 2.41. The van der Waals surface area contributed by atoms with Crippen LogP contribution < -0.4 is 45.1 Å². The molecule has 1 aromatic rings. The number of ether oxygens (including phenoxy) is 2. The first-order chi connectivity index (χ1) is 9.40. The van der Waals surface area contributed by atoms with Gasteiger partial charge in [-0.05, 0) is 24.3 Å². The standard InChI is InChI=1S/C12H15NO7.Na/c13-5-1-3-6(4-2-5)19-12-9(16)7(14)8(15)10(20-12)11(17)18;/h1-4,7-10,12,14-16H,13H2,(H,17,18);/q;+1/p-1/t7-,8-,9+,10-,12+;/m0./s1. The Morgan fingerprint density at radius 1 is 1.14 bits per heavy atom. The van der Waals surface area contributed by atoms with Gasteiger partial charge in [-0.25, -0.2) is 0 Å². The predicted molar refractivity (Wildman–Crippen MR) is 63.2 cm³/mol. The minimum Gasteiger partial charge on any atom is -0.547 e. The van der Waals surface area contributed by atoms with Gasteiger partial charge in [0, 0.05) is 5.69 Å². The summed E-state index contributed by atoms with van der Waals surface area (Å²) in [5.41, 5.74) is 5.99. The molecule has 0 aromatic heterocycles. The Morgan fingerprint density at radius 3 is 2.24 bits per heavy atom. The first-order valence-electron chi connectivity index (χ1n) is 5.83. The van der Waals surface area contributed by atoms with Crippen LogP contribution in [0, 0.1) is 0 Å². The van der Waals surface area contributed by atoms with Gasteiger partial charge in [-0.15, -0.1) is 0 Å². The van der Waals surface area contributed by atoms with Crippen LogP contribution in [0.3, 0.4) is 0 Å². The van der Waals surface area contributed by atoms with Gasteiger partial charge in [0.05, 0.1) is 5.97 Å². The van der Waals surface area contributed by atoms with Crippen LogP contribution in [0.4, 0.5) is 5.69 Å². The quantitative estimate of drug-likeness (QED) is 0.319. The monoisotopic (exact) mass is 307 g/mol. The number of nitrogen functional groups attached to an aromatic ring is 1. The van der Waals surface area contributed by atoms with Crippen molar-refractivity contribution in [3.05, 3.63) is 24.3 Å². The van der Waals surface area contributed by atoms with Crippen LogP contribution in [-0.2, 0) is 9.53 Å². The maximum atomic E-state index is 10.8. The number of carboxylic acid groups (broad SMARTS) is 1. The van der Waals surface area contributed by atoms with E-state index in [2.05, 4.69) is 0 Å². The summed E-state index contributed by atoms with van der Waals surface area (Å²) in [4.78, 5) is 10.8. The maximum Gasteiger partial charge on any atom is 1.00 e. The van der Waals surface area contributed by atoms with Crippen molar-refractivity contribution in [3.8, 4) is 5.75 Å². The zero-order valence-electron chi connectivity index (χ0n) is 11.2. The number of rotatable bonds is 3. The zero-order valence-corrected chi connectivity index (χ0v) is 13.2. The SMILES string of the molecule is Nc1ccc(O[C@@H]2O[C@H](C(=O)[O-])[C@@H](O)[C@H](O)[C@H]2O)cc1.[Na+]. The summed E-state index contributed by atoms with van der Waals surface area (Å²) < 4.78 is 10.1. The number of hydrogen-bond donors (Lipinski definition) is 4. The summed E-state index contributed by atoms with van der Waals surface area (Å²) in [5.74, 6) is -1.46. The summed E-state index contributed by atoms with van der Waals surface area (Å²) >= 11 is 0. The molecule has 2 rings (SSSR count). The van der Waals surface area contributed by atoms with Gasteiger partial charge in [-0.2, -0.15) is 0 Å². The number of hydrogen-bond acceptors (Lipinski definition) is 8. The van der Waals surface area contributed by atoms with E-state index in [0.29, 0.717) is 5.69 Å². The smallest absolute Gasteiger partial charge is 0.547 e. The summed E-state index contributed by atoms with van der Waals surface area (Å²) in [7, 11) is 0. The minimum atomic E-state index is -1.80. The largest absolute Gasteiger partial charge is 1.00 e. The van der Waals surface area contributed by atoms with E-state index in [0.717, 1.165) is 0 Å². The third-order valence-corrected chi connectivity index (χ3v) is 2.93. The number of anilines is 1. The van der Waals surface area contributed by atoms with Crippen LogP contribution in [0.5, 0.6) is 5.75 Å². The van der Waals surface area contributed by atoms with Crippen LogP contribution in [0.1, 0.15) is 0 Å². The molecule has 110 valence electrons. The van der Waals surface area contributed by atoms with E-state index in [9.17, 15) is 25.2 Å².